The number of sulfonamides is 1. The number of carbonyl (C=O) groups is 1. The van der Waals surface area contributed by atoms with E-state index in [-0.39, 0.29) is 5.91 Å². The number of benzene rings is 2. The van der Waals surface area contributed by atoms with Crippen LogP contribution in [0.3, 0.4) is 0 Å². The van der Waals surface area contributed by atoms with Gasteiger partial charge in [-0.15, -0.1) is 0 Å². The van der Waals surface area contributed by atoms with Crippen molar-refractivity contribution in [3.05, 3.63) is 52.5 Å². The summed E-state index contributed by atoms with van der Waals surface area (Å²) in [5.74, 6) is 0.203. The first-order valence-electron chi connectivity index (χ1n) is 7.85. The number of anilines is 2. The maximum atomic E-state index is 12.3. The number of hydrogen-bond acceptors (Lipinski definition) is 4. The fourth-order valence-corrected chi connectivity index (χ4v) is 2.90. The molecule has 2 rings (SSSR count). The lowest BCUT2D eigenvalue weighted by atomic mass is 10.2. The molecule has 2 aromatic carbocycles. The molecular weight excluding hydrogens is 420 g/mol. The zero-order valence-corrected chi connectivity index (χ0v) is 17.4. The van der Waals surface area contributed by atoms with Gasteiger partial charge >= 0.3 is 0 Å². The third-order valence-electron chi connectivity index (χ3n) is 3.81. The largest absolute Gasteiger partial charge is 0.481 e. The van der Waals surface area contributed by atoms with Crippen molar-refractivity contribution in [2.75, 3.05) is 22.9 Å². The molecule has 140 valence electrons. The third kappa shape index (κ3) is 5.22. The first-order valence-corrected chi connectivity index (χ1v) is 10.5. The molecule has 0 unspecified atom stereocenters. The van der Waals surface area contributed by atoms with Crippen LogP contribution in [0, 0.1) is 6.92 Å². The second-order valence-corrected chi connectivity index (χ2v) is 8.81. The van der Waals surface area contributed by atoms with Crippen LogP contribution in [0.1, 0.15) is 12.5 Å². The lowest BCUT2D eigenvalue weighted by Crippen LogP contribution is -2.30. The zero-order valence-electron chi connectivity index (χ0n) is 15.0. The molecule has 0 aliphatic heterocycles. The molecule has 6 nitrogen and oxygen atoms in total. The molecule has 0 fully saturated rings. The number of halogens is 1. The van der Waals surface area contributed by atoms with Gasteiger partial charge in [0, 0.05) is 17.2 Å². The van der Waals surface area contributed by atoms with Gasteiger partial charge in [-0.2, -0.15) is 0 Å². The van der Waals surface area contributed by atoms with Crippen molar-refractivity contribution in [3.8, 4) is 5.75 Å². The molecule has 1 N–H and O–H groups in total. The van der Waals surface area contributed by atoms with Gasteiger partial charge < -0.3 is 10.1 Å². The molecule has 0 saturated heterocycles. The Bertz CT molecular complexity index is 898. The van der Waals surface area contributed by atoms with Crippen LogP contribution in [0.5, 0.6) is 5.75 Å². The Morgan fingerprint density at radius 3 is 2.35 bits per heavy atom. The summed E-state index contributed by atoms with van der Waals surface area (Å²) in [5.41, 5.74) is 2.22. The zero-order chi connectivity index (χ0) is 19.5. The summed E-state index contributed by atoms with van der Waals surface area (Å²) < 4.78 is 30.9. The minimum Gasteiger partial charge on any atom is -0.481 e. The van der Waals surface area contributed by atoms with Gasteiger partial charge in [0.2, 0.25) is 10.0 Å². The van der Waals surface area contributed by atoms with E-state index in [1.54, 1.807) is 37.3 Å². The maximum absolute atomic E-state index is 12.3. The van der Waals surface area contributed by atoms with Crippen molar-refractivity contribution in [2.45, 2.75) is 20.0 Å². The van der Waals surface area contributed by atoms with E-state index in [1.807, 2.05) is 19.1 Å². The number of ether oxygens (including phenoxy) is 1. The first kappa shape index (κ1) is 20.3. The van der Waals surface area contributed by atoms with Crippen molar-refractivity contribution >= 4 is 43.2 Å². The van der Waals surface area contributed by atoms with E-state index >= 15 is 0 Å². The highest BCUT2D eigenvalue weighted by atomic mass is 79.9. The number of carbonyl (C=O) groups excluding carboxylic acids is 1. The standard InChI is InChI=1S/C18H21BrN2O4S/c1-12-11-14(5-10-17(12)19)20-18(22)13(2)25-16-8-6-15(7-9-16)21(3)26(4,23)24/h5-11,13H,1-4H3,(H,20,22)/t13-/m0/s1. The Balaban J connectivity index is 2.01. The number of amides is 1. The molecule has 2 aromatic rings. The van der Waals surface area contributed by atoms with Gasteiger partial charge in [-0.05, 0) is 61.9 Å². The van der Waals surface area contributed by atoms with Crippen LogP contribution >= 0.6 is 15.9 Å². The SMILES string of the molecule is Cc1cc(NC(=O)[C@H](C)Oc2ccc(N(C)S(C)(=O)=O)cc2)ccc1Br. The van der Waals surface area contributed by atoms with Crippen molar-refractivity contribution in [1.82, 2.24) is 0 Å². The monoisotopic (exact) mass is 440 g/mol. The van der Waals surface area contributed by atoms with Gasteiger partial charge in [0.15, 0.2) is 6.10 Å². The lowest BCUT2D eigenvalue weighted by molar-refractivity contribution is -0.122. The Hall–Kier alpha value is -2.06. The fourth-order valence-electron chi connectivity index (χ4n) is 2.15. The van der Waals surface area contributed by atoms with Gasteiger partial charge in [0.1, 0.15) is 5.75 Å². The van der Waals surface area contributed by atoms with Crippen molar-refractivity contribution in [3.63, 3.8) is 0 Å². The van der Waals surface area contributed by atoms with Crippen LogP contribution in [0.2, 0.25) is 0 Å². The third-order valence-corrected chi connectivity index (χ3v) is 5.90. The van der Waals surface area contributed by atoms with Gasteiger partial charge in [0.25, 0.3) is 5.91 Å². The molecule has 0 heterocycles. The van der Waals surface area contributed by atoms with Gasteiger partial charge in [-0.25, -0.2) is 8.42 Å². The van der Waals surface area contributed by atoms with E-state index < -0.39 is 16.1 Å². The van der Waals surface area contributed by atoms with E-state index in [2.05, 4.69) is 21.2 Å². The topological polar surface area (TPSA) is 75.7 Å². The summed E-state index contributed by atoms with van der Waals surface area (Å²) >= 11 is 3.42. The smallest absolute Gasteiger partial charge is 0.265 e. The van der Waals surface area contributed by atoms with E-state index in [0.29, 0.717) is 17.1 Å². The van der Waals surface area contributed by atoms with Crippen LogP contribution in [0.4, 0.5) is 11.4 Å². The number of nitrogens with zero attached hydrogens (tertiary/aromatic N) is 1. The molecule has 0 bridgehead atoms. The number of hydrogen-bond donors (Lipinski definition) is 1. The van der Waals surface area contributed by atoms with Gasteiger partial charge in [-0.3, -0.25) is 9.10 Å². The lowest BCUT2D eigenvalue weighted by Gasteiger charge is -2.18. The van der Waals surface area contributed by atoms with Crippen molar-refractivity contribution in [1.29, 1.82) is 0 Å². The van der Waals surface area contributed by atoms with Crippen molar-refractivity contribution < 1.29 is 17.9 Å². The Labute approximate surface area is 162 Å². The molecule has 0 radical (unpaired) electrons. The summed E-state index contributed by atoms with van der Waals surface area (Å²) in [7, 11) is -1.85. The Kier molecular flexibility index (Phi) is 6.30. The highest BCUT2D eigenvalue weighted by molar-refractivity contribution is 9.10. The molecule has 0 aromatic heterocycles. The molecule has 0 aliphatic rings. The van der Waals surface area contributed by atoms with Crippen molar-refractivity contribution in [2.24, 2.45) is 0 Å². The molecule has 1 atom stereocenters. The summed E-state index contributed by atoms with van der Waals surface area (Å²) in [5, 5.41) is 2.81. The minimum atomic E-state index is -3.32. The quantitative estimate of drug-likeness (QED) is 0.744. The van der Waals surface area contributed by atoms with E-state index in [4.69, 9.17) is 4.74 Å². The average molecular weight is 441 g/mol. The average Bonchev–Trinajstić information content (AvgIpc) is 2.57. The predicted molar refractivity (Wildman–Crippen MR) is 107 cm³/mol. The summed E-state index contributed by atoms with van der Waals surface area (Å²) in [6.45, 7) is 3.59. The first-order chi connectivity index (χ1) is 12.1. The predicted octanol–water partition coefficient (Wildman–Crippen LogP) is 3.56. The van der Waals surface area contributed by atoms with Crippen LogP contribution in [-0.2, 0) is 14.8 Å². The van der Waals surface area contributed by atoms with Crippen LogP contribution in [0.25, 0.3) is 0 Å². The molecule has 1 amide bonds. The highest BCUT2D eigenvalue weighted by Gasteiger charge is 2.16. The molecule has 0 spiro atoms. The fraction of sp³-hybridized carbons (Fsp3) is 0.278. The van der Waals surface area contributed by atoms with E-state index in [1.165, 1.54) is 11.4 Å². The van der Waals surface area contributed by atoms with Gasteiger partial charge in [-0.1, -0.05) is 15.9 Å². The maximum Gasteiger partial charge on any atom is 0.265 e. The minimum absolute atomic E-state index is 0.274. The number of aryl methyl sites for hydroxylation is 1. The molecule has 0 saturated carbocycles. The molecule has 26 heavy (non-hydrogen) atoms. The summed E-state index contributed by atoms with van der Waals surface area (Å²) in [6, 6.07) is 12.0. The number of rotatable bonds is 6. The Morgan fingerprint density at radius 2 is 1.81 bits per heavy atom. The van der Waals surface area contributed by atoms with E-state index in [9.17, 15) is 13.2 Å². The highest BCUT2D eigenvalue weighted by Crippen LogP contribution is 2.22. The molecule has 0 aliphatic carbocycles. The Morgan fingerprint density at radius 1 is 1.19 bits per heavy atom. The van der Waals surface area contributed by atoms with Gasteiger partial charge in [0.05, 0.1) is 11.9 Å². The number of nitrogens with one attached hydrogen (secondary N) is 1. The normalized spacial score (nSPS) is 12.3. The molecule has 8 heteroatoms. The van der Waals surface area contributed by atoms with Crippen LogP contribution in [0.15, 0.2) is 46.9 Å². The van der Waals surface area contributed by atoms with Crippen LogP contribution in [-0.4, -0.2) is 33.7 Å². The second-order valence-electron chi connectivity index (χ2n) is 5.94. The summed E-state index contributed by atoms with van der Waals surface area (Å²) in [4.78, 5) is 12.3. The molecular formula is C18H21BrN2O4S. The second kappa shape index (κ2) is 8.09. The summed E-state index contributed by atoms with van der Waals surface area (Å²) in [6.07, 6.45) is 0.422. The van der Waals surface area contributed by atoms with Crippen LogP contribution < -0.4 is 14.4 Å². The van der Waals surface area contributed by atoms with E-state index in [0.717, 1.165) is 16.3 Å².